The summed E-state index contributed by atoms with van der Waals surface area (Å²) >= 11 is 4.87. The molecule has 0 aliphatic carbocycles. The molecule has 1 N–H and O–H groups in total. The van der Waals surface area contributed by atoms with Crippen LogP contribution in [0.4, 0.5) is 5.69 Å². The second kappa shape index (κ2) is 9.06. The van der Waals surface area contributed by atoms with Gasteiger partial charge in [-0.05, 0) is 50.2 Å². The first-order valence-electron chi connectivity index (χ1n) is 7.89. The van der Waals surface area contributed by atoms with Crippen LogP contribution < -0.4 is 5.32 Å². The third-order valence-corrected chi connectivity index (χ3v) is 5.19. The SMILES string of the molecule is Cc1ccc(NC(=O)CN(C)C(=O)C(C)Sc2ccc(Br)cc2)cc1. The van der Waals surface area contributed by atoms with Gasteiger partial charge in [-0.2, -0.15) is 0 Å². The molecule has 2 amide bonds. The molecule has 2 aromatic rings. The van der Waals surface area contributed by atoms with Crippen molar-refractivity contribution in [3.8, 4) is 0 Å². The van der Waals surface area contributed by atoms with Gasteiger partial charge in [-0.15, -0.1) is 11.8 Å². The average Bonchev–Trinajstić information content (AvgIpc) is 2.58. The number of amides is 2. The van der Waals surface area contributed by atoms with Crippen LogP contribution in [0.1, 0.15) is 12.5 Å². The fourth-order valence-electron chi connectivity index (χ4n) is 2.21. The molecule has 132 valence electrons. The zero-order chi connectivity index (χ0) is 18.4. The molecule has 0 radical (unpaired) electrons. The van der Waals surface area contributed by atoms with Crippen LogP contribution in [-0.4, -0.2) is 35.6 Å². The first kappa shape index (κ1) is 19.5. The van der Waals surface area contributed by atoms with Crippen LogP contribution in [0.5, 0.6) is 0 Å². The van der Waals surface area contributed by atoms with Crippen LogP contribution in [0.25, 0.3) is 0 Å². The van der Waals surface area contributed by atoms with Crippen LogP contribution in [0.2, 0.25) is 0 Å². The standard InChI is InChI=1S/C19H21BrN2O2S/c1-13-4-8-16(9-5-13)21-18(23)12-22(3)19(24)14(2)25-17-10-6-15(20)7-11-17/h4-11,14H,12H2,1-3H3,(H,21,23). The molecular weight excluding hydrogens is 400 g/mol. The van der Waals surface area contributed by atoms with Crippen LogP contribution in [0, 0.1) is 6.92 Å². The molecule has 0 spiro atoms. The number of carbonyl (C=O) groups excluding carboxylic acids is 2. The molecule has 6 heteroatoms. The molecule has 0 aliphatic heterocycles. The minimum Gasteiger partial charge on any atom is -0.335 e. The number of thioether (sulfide) groups is 1. The molecule has 0 aromatic heterocycles. The number of rotatable bonds is 6. The number of nitrogens with one attached hydrogen (secondary N) is 1. The summed E-state index contributed by atoms with van der Waals surface area (Å²) in [6, 6.07) is 15.4. The van der Waals surface area contributed by atoms with E-state index < -0.39 is 0 Å². The minimum atomic E-state index is -0.265. The van der Waals surface area contributed by atoms with Gasteiger partial charge < -0.3 is 10.2 Å². The van der Waals surface area contributed by atoms with Gasteiger partial charge in [-0.1, -0.05) is 33.6 Å². The van der Waals surface area contributed by atoms with E-state index >= 15 is 0 Å². The zero-order valence-corrected chi connectivity index (χ0v) is 16.9. The number of nitrogens with zero attached hydrogens (tertiary/aromatic N) is 1. The summed E-state index contributed by atoms with van der Waals surface area (Å²) < 4.78 is 1.00. The van der Waals surface area contributed by atoms with Gasteiger partial charge in [0.1, 0.15) is 0 Å². The van der Waals surface area contributed by atoms with E-state index in [4.69, 9.17) is 0 Å². The lowest BCUT2D eigenvalue weighted by molar-refractivity contribution is -0.132. The summed E-state index contributed by atoms with van der Waals surface area (Å²) in [5.74, 6) is -0.285. The van der Waals surface area contributed by atoms with Gasteiger partial charge in [0, 0.05) is 22.1 Å². The molecular formula is C19H21BrN2O2S. The van der Waals surface area contributed by atoms with Crippen molar-refractivity contribution in [2.45, 2.75) is 24.0 Å². The molecule has 1 atom stereocenters. The van der Waals surface area contributed by atoms with Crippen molar-refractivity contribution < 1.29 is 9.59 Å². The normalized spacial score (nSPS) is 11.7. The highest BCUT2D eigenvalue weighted by Gasteiger charge is 2.20. The van der Waals surface area contributed by atoms with Gasteiger partial charge in [0.2, 0.25) is 11.8 Å². The Morgan fingerprint density at radius 3 is 2.32 bits per heavy atom. The van der Waals surface area contributed by atoms with Gasteiger partial charge >= 0.3 is 0 Å². The lowest BCUT2D eigenvalue weighted by Crippen LogP contribution is -2.38. The number of anilines is 1. The molecule has 4 nitrogen and oxygen atoms in total. The Kier molecular flexibility index (Phi) is 7.08. The highest BCUT2D eigenvalue weighted by atomic mass is 79.9. The van der Waals surface area contributed by atoms with Crippen LogP contribution in [-0.2, 0) is 9.59 Å². The first-order chi connectivity index (χ1) is 11.8. The van der Waals surface area contributed by atoms with Crippen molar-refractivity contribution in [3.05, 3.63) is 58.6 Å². The van der Waals surface area contributed by atoms with Gasteiger partial charge in [-0.3, -0.25) is 9.59 Å². The number of likely N-dealkylation sites (N-methyl/N-ethyl adjacent to an activating group) is 1. The van der Waals surface area contributed by atoms with Crippen molar-refractivity contribution >= 4 is 45.2 Å². The molecule has 0 heterocycles. The maximum Gasteiger partial charge on any atom is 0.243 e. The van der Waals surface area contributed by atoms with E-state index in [-0.39, 0.29) is 23.6 Å². The third-order valence-electron chi connectivity index (χ3n) is 3.57. The summed E-state index contributed by atoms with van der Waals surface area (Å²) in [5.41, 5.74) is 1.86. The van der Waals surface area contributed by atoms with E-state index in [9.17, 15) is 9.59 Å². The van der Waals surface area contributed by atoms with E-state index in [2.05, 4.69) is 21.2 Å². The highest BCUT2D eigenvalue weighted by Crippen LogP contribution is 2.25. The van der Waals surface area contributed by atoms with Gasteiger partial charge in [0.25, 0.3) is 0 Å². The summed E-state index contributed by atoms with van der Waals surface area (Å²) in [4.78, 5) is 27.1. The van der Waals surface area contributed by atoms with Crippen molar-refractivity contribution in [2.24, 2.45) is 0 Å². The Balaban J connectivity index is 1.86. The maximum atomic E-state index is 12.5. The average molecular weight is 421 g/mol. The minimum absolute atomic E-state index is 0.0257. The molecule has 0 fully saturated rings. The Hall–Kier alpha value is -1.79. The molecule has 0 saturated carbocycles. The number of halogens is 1. The summed E-state index contributed by atoms with van der Waals surface area (Å²) in [7, 11) is 1.65. The fraction of sp³-hybridized carbons (Fsp3) is 0.263. The molecule has 25 heavy (non-hydrogen) atoms. The lowest BCUT2D eigenvalue weighted by Gasteiger charge is -2.20. The highest BCUT2D eigenvalue weighted by molar-refractivity contribution is 9.10. The van der Waals surface area contributed by atoms with Crippen molar-refractivity contribution in [1.82, 2.24) is 4.90 Å². The fourth-order valence-corrected chi connectivity index (χ4v) is 3.46. The Morgan fingerprint density at radius 2 is 1.72 bits per heavy atom. The largest absolute Gasteiger partial charge is 0.335 e. The number of carbonyl (C=O) groups is 2. The van der Waals surface area contributed by atoms with E-state index in [0.717, 1.165) is 20.6 Å². The molecule has 0 saturated heterocycles. The zero-order valence-electron chi connectivity index (χ0n) is 14.5. The van der Waals surface area contributed by atoms with Crippen LogP contribution in [0.15, 0.2) is 57.9 Å². The van der Waals surface area contributed by atoms with E-state index in [1.54, 1.807) is 7.05 Å². The summed E-state index contributed by atoms with van der Waals surface area (Å²) in [6.07, 6.45) is 0. The summed E-state index contributed by atoms with van der Waals surface area (Å²) in [5, 5.41) is 2.54. The first-order valence-corrected chi connectivity index (χ1v) is 9.56. The smallest absolute Gasteiger partial charge is 0.243 e. The Morgan fingerprint density at radius 1 is 1.12 bits per heavy atom. The van der Waals surface area contributed by atoms with E-state index in [0.29, 0.717) is 0 Å². The topological polar surface area (TPSA) is 49.4 Å². The van der Waals surface area contributed by atoms with Gasteiger partial charge in [-0.25, -0.2) is 0 Å². The second-order valence-electron chi connectivity index (χ2n) is 5.82. The van der Waals surface area contributed by atoms with E-state index in [1.165, 1.54) is 16.7 Å². The molecule has 2 aromatic carbocycles. The predicted octanol–water partition coefficient (Wildman–Crippen LogP) is 4.34. The summed E-state index contributed by atoms with van der Waals surface area (Å²) in [6.45, 7) is 3.86. The second-order valence-corrected chi connectivity index (χ2v) is 8.15. The molecule has 0 bridgehead atoms. The van der Waals surface area contributed by atoms with Crippen LogP contribution in [0.3, 0.4) is 0 Å². The van der Waals surface area contributed by atoms with E-state index in [1.807, 2.05) is 62.4 Å². The van der Waals surface area contributed by atoms with Crippen molar-refractivity contribution in [2.75, 3.05) is 18.9 Å². The molecule has 0 aliphatic rings. The third kappa shape index (κ3) is 6.21. The Labute approximate surface area is 161 Å². The van der Waals surface area contributed by atoms with Gasteiger partial charge in [0.05, 0.1) is 11.8 Å². The number of aryl methyl sites for hydroxylation is 1. The Bertz CT molecular complexity index is 732. The van der Waals surface area contributed by atoms with Crippen LogP contribution >= 0.6 is 27.7 Å². The molecule has 1 unspecified atom stereocenters. The van der Waals surface area contributed by atoms with Gasteiger partial charge in [0.15, 0.2) is 0 Å². The monoisotopic (exact) mass is 420 g/mol. The van der Waals surface area contributed by atoms with Crippen molar-refractivity contribution in [1.29, 1.82) is 0 Å². The predicted molar refractivity (Wildman–Crippen MR) is 107 cm³/mol. The number of hydrogen-bond donors (Lipinski definition) is 1. The maximum absolute atomic E-state index is 12.5. The number of hydrogen-bond acceptors (Lipinski definition) is 3. The lowest BCUT2D eigenvalue weighted by atomic mass is 10.2. The molecule has 2 rings (SSSR count). The number of benzene rings is 2. The quantitative estimate of drug-likeness (QED) is 0.707. The van der Waals surface area contributed by atoms with Crippen molar-refractivity contribution in [3.63, 3.8) is 0 Å².